The van der Waals surface area contributed by atoms with Gasteiger partial charge in [-0.1, -0.05) is 121 Å². The molecule has 0 aliphatic heterocycles. The Balaban J connectivity index is 0.000000205. The van der Waals surface area contributed by atoms with E-state index >= 15 is 0 Å². The van der Waals surface area contributed by atoms with E-state index in [2.05, 4.69) is 22.1 Å². The van der Waals surface area contributed by atoms with Gasteiger partial charge in [-0.2, -0.15) is 0 Å². The topological polar surface area (TPSA) is 38.9 Å². The monoisotopic (exact) mass is 867 g/mol. The van der Waals surface area contributed by atoms with Gasteiger partial charge >= 0.3 is 0 Å². The number of benzene rings is 6. The summed E-state index contributed by atoms with van der Waals surface area (Å²) in [6.45, 7) is 0.499. The number of hydrogen-bond donors (Lipinski definition) is 0. The predicted octanol–water partition coefficient (Wildman–Crippen LogP) is 12.8. The summed E-state index contributed by atoms with van der Waals surface area (Å²) in [7, 11) is 0. The molecule has 259 valence electrons. The van der Waals surface area contributed by atoms with Crippen LogP contribution in [0.1, 0.15) is 51.2 Å². The summed E-state index contributed by atoms with van der Waals surface area (Å²) in [5, 5.41) is 5.67. The maximum Gasteiger partial charge on any atom is 0.120 e. The summed E-state index contributed by atoms with van der Waals surface area (Å²) in [5.74, 6) is -0.360. The van der Waals surface area contributed by atoms with Crippen LogP contribution in [-0.2, 0) is 26.5 Å². The zero-order valence-corrected chi connectivity index (χ0v) is 30.8. The fourth-order valence-electron chi connectivity index (χ4n) is 6.42. The number of fused-ring (bicyclic) bond motifs is 9. The molecule has 0 amide bonds. The zero-order valence-electron chi connectivity index (χ0n) is 38.4. The van der Waals surface area contributed by atoms with E-state index in [1.165, 1.54) is 36.7 Å². The molecule has 0 atom stereocenters. The first-order valence-corrected chi connectivity index (χ1v) is 16.4. The Kier molecular flexibility index (Phi) is 6.73. The van der Waals surface area contributed by atoms with Crippen LogP contribution >= 0.6 is 0 Å². The number of aryl methyl sites for hydroxylation is 2. The van der Waals surface area contributed by atoms with Crippen molar-refractivity contribution in [1.29, 1.82) is 0 Å². The van der Waals surface area contributed by atoms with E-state index in [-0.39, 0.29) is 65.8 Å². The minimum Gasteiger partial charge on any atom is -0.501 e. The number of pyridine rings is 2. The first-order chi connectivity index (χ1) is 28.6. The van der Waals surface area contributed by atoms with Crippen LogP contribution in [0.3, 0.4) is 0 Å². The number of halogens is 1. The normalized spacial score (nSPS) is 15.2. The zero-order chi connectivity index (χ0) is 43.8. The van der Waals surface area contributed by atoms with Crippen molar-refractivity contribution < 1.29 is 42.6 Å². The SMILES string of the molecule is [2H]C([2H])([2H])c1cnc2c3[c-]cc(F)cc3c3ccccc3c2c1.[2H]c1cc(C([2H])([2H])C(C)(C)C)cc([2H])c1-c1cc(-c2[c-]ccc3c2oc2ccccc23)ncc1C([2H])([2H])[2H].[Ir]. The molecule has 0 saturated carbocycles. The molecule has 9 rings (SSSR count). The number of aromatic nitrogens is 2. The number of furan rings is 1. The second kappa shape index (κ2) is 14.1. The van der Waals surface area contributed by atoms with Crippen molar-refractivity contribution >= 4 is 54.4 Å². The summed E-state index contributed by atoms with van der Waals surface area (Å²) in [6, 6.07) is 33.4. The molecule has 0 bridgehead atoms. The summed E-state index contributed by atoms with van der Waals surface area (Å²) < 4.78 is 101. The molecule has 9 aromatic rings. The maximum absolute atomic E-state index is 13.7. The molecule has 5 heteroatoms. The number of hydrogen-bond acceptors (Lipinski definition) is 3. The minimum atomic E-state index is -2.55. The molecule has 0 unspecified atom stereocenters. The van der Waals surface area contributed by atoms with Crippen LogP contribution in [-0.4, -0.2) is 9.97 Å². The molecular formula is C47H37FIrN2O-2. The van der Waals surface area contributed by atoms with E-state index in [9.17, 15) is 4.39 Å². The van der Waals surface area contributed by atoms with Crippen LogP contribution in [0, 0.1) is 37.1 Å². The van der Waals surface area contributed by atoms with Gasteiger partial charge in [-0.25, -0.2) is 0 Å². The molecule has 0 aliphatic rings. The second-order valence-electron chi connectivity index (χ2n) is 13.4. The van der Waals surface area contributed by atoms with E-state index in [1.807, 2.05) is 54.6 Å². The van der Waals surface area contributed by atoms with E-state index in [0.29, 0.717) is 33.3 Å². The minimum absolute atomic E-state index is 0. The molecule has 0 fully saturated rings. The molecule has 1 radical (unpaired) electrons. The molecule has 3 aromatic heterocycles. The van der Waals surface area contributed by atoms with Gasteiger partial charge in [-0.15, -0.1) is 41.8 Å². The van der Waals surface area contributed by atoms with Crippen molar-refractivity contribution in [1.82, 2.24) is 9.97 Å². The van der Waals surface area contributed by atoms with Crippen molar-refractivity contribution in [3.8, 4) is 22.4 Å². The van der Waals surface area contributed by atoms with Gasteiger partial charge in [0, 0.05) is 54.7 Å². The number of rotatable bonds is 3. The molecule has 0 spiro atoms. The van der Waals surface area contributed by atoms with Crippen LogP contribution in [0.15, 0.2) is 126 Å². The van der Waals surface area contributed by atoms with Crippen LogP contribution < -0.4 is 0 Å². The Morgan fingerprint density at radius 1 is 0.808 bits per heavy atom. The smallest absolute Gasteiger partial charge is 0.120 e. The third-order valence-corrected chi connectivity index (χ3v) is 8.57. The summed E-state index contributed by atoms with van der Waals surface area (Å²) in [4.78, 5) is 8.78. The molecule has 3 nitrogen and oxygen atoms in total. The van der Waals surface area contributed by atoms with Gasteiger partial charge in [-0.05, 0) is 81.4 Å². The van der Waals surface area contributed by atoms with Gasteiger partial charge in [0.15, 0.2) is 0 Å². The summed E-state index contributed by atoms with van der Waals surface area (Å²) >= 11 is 0. The number of para-hydroxylation sites is 1. The van der Waals surface area contributed by atoms with Crippen LogP contribution in [0.25, 0.3) is 76.8 Å². The van der Waals surface area contributed by atoms with Gasteiger partial charge in [0.1, 0.15) is 5.58 Å². The Morgan fingerprint density at radius 3 is 2.31 bits per heavy atom. The molecular weight excluding hydrogens is 820 g/mol. The van der Waals surface area contributed by atoms with Crippen molar-refractivity contribution in [3.63, 3.8) is 0 Å². The second-order valence-corrected chi connectivity index (χ2v) is 13.4. The van der Waals surface area contributed by atoms with Gasteiger partial charge in [0.25, 0.3) is 0 Å². The van der Waals surface area contributed by atoms with E-state index in [0.717, 1.165) is 32.3 Å². The first kappa shape index (κ1) is 24.9. The largest absolute Gasteiger partial charge is 0.501 e. The van der Waals surface area contributed by atoms with E-state index in [4.69, 9.17) is 18.1 Å². The number of nitrogens with zero attached hydrogens (tertiary/aromatic N) is 2. The van der Waals surface area contributed by atoms with E-state index in [1.54, 1.807) is 39.0 Å². The van der Waals surface area contributed by atoms with Crippen LogP contribution in [0.5, 0.6) is 0 Å². The fraction of sp³-hybridized carbons (Fsp3) is 0.149. The molecule has 52 heavy (non-hydrogen) atoms. The molecule has 3 heterocycles. The van der Waals surface area contributed by atoms with Crippen LogP contribution in [0.4, 0.5) is 4.39 Å². The molecule has 0 saturated heterocycles. The average Bonchev–Trinajstić information content (AvgIpc) is 3.58. The Bertz CT molecular complexity index is 3150. The average molecular weight is 867 g/mol. The predicted molar refractivity (Wildman–Crippen MR) is 209 cm³/mol. The van der Waals surface area contributed by atoms with Gasteiger partial charge in [0.05, 0.1) is 8.32 Å². The first-order valence-electron chi connectivity index (χ1n) is 21.4. The molecule has 0 aliphatic carbocycles. The third kappa shape index (κ3) is 6.75. The van der Waals surface area contributed by atoms with Gasteiger partial charge < -0.3 is 14.4 Å². The Hall–Kier alpha value is -5.22. The van der Waals surface area contributed by atoms with Crippen molar-refractivity contribution in [2.45, 2.75) is 40.8 Å². The maximum atomic E-state index is 13.7. The van der Waals surface area contributed by atoms with Gasteiger partial charge in [0.2, 0.25) is 0 Å². The summed E-state index contributed by atoms with van der Waals surface area (Å²) in [5.41, 5.74) is 2.62. The summed E-state index contributed by atoms with van der Waals surface area (Å²) in [6.07, 6.45) is 0.814. The quantitative estimate of drug-likeness (QED) is 0.131. The Labute approximate surface area is 330 Å². The molecule has 6 aromatic carbocycles. The standard InChI is InChI=1S/C29H26NO.C18H11FN.Ir/c1-19-18-30-26(16-25(19)21-14-12-20(13-15-21)17-29(2,3)4)24-10-7-9-23-22-8-5-6-11-27(22)31-28(23)24;1-11-8-17-14-5-3-2-4-13(14)16-9-12(19)6-7-15(16)18(17)20-10-11;/h5-9,11-16,18H,17H2,1-4H3;2-6,8-10H,1H3;/q2*-1;/i1D3,14D,15D,17D2;1D3;. The van der Waals surface area contributed by atoms with Gasteiger partial charge in [-0.3, -0.25) is 4.39 Å². The van der Waals surface area contributed by atoms with Crippen molar-refractivity contribution in [2.24, 2.45) is 5.41 Å². The van der Waals surface area contributed by atoms with E-state index < -0.39 is 25.5 Å². The Morgan fingerprint density at radius 2 is 1.56 bits per heavy atom. The molecule has 0 N–H and O–H groups in total. The van der Waals surface area contributed by atoms with Crippen molar-refractivity contribution in [3.05, 3.63) is 156 Å². The van der Waals surface area contributed by atoms with Crippen LogP contribution in [0.2, 0.25) is 0 Å². The third-order valence-electron chi connectivity index (χ3n) is 8.57. The fourth-order valence-corrected chi connectivity index (χ4v) is 6.42. The van der Waals surface area contributed by atoms with Crippen molar-refractivity contribution in [2.75, 3.05) is 0 Å².